The molecular formula is C24H29N3O6. The van der Waals surface area contributed by atoms with E-state index < -0.39 is 30.1 Å². The summed E-state index contributed by atoms with van der Waals surface area (Å²) in [5, 5.41) is 14.3. The minimum absolute atomic E-state index is 0.0968. The monoisotopic (exact) mass is 455 g/mol. The molecule has 3 N–H and O–H groups in total. The van der Waals surface area contributed by atoms with Gasteiger partial charge in [0.15, 0.2) is 0 Å². The summed E-state index contributed by atoms with van der Waals surface area (Å²) in [6, 6.07) is 13.7. The van der Waals surface area contributed by atoms with E-state index in [4.69, 9.17) is 9.47 Å². The van der Waals surface area contributed by atoms with Crippen molar-refractivity contribution in [1.29, 1.82) is 0 Å². The van der Waals surface area contributed by atoms with Crippen LogP contribution in [0.1, 0.15) is 17.0 Å². The fraction of sp³-hybridized carbons (Fsp3) is 0.375. The van der Waals surface area contributed by atoms with E-state index in [0.29, 0.717) is 0 Å². The third-order valence-corrected chi connectivity index (χ3v) is 5.45. The van der Waals surface area contributed by atoms with E-state index in [1.807, 2.05) is 48.5 Å². The second kappa shape index (κ2) is 10.9. The molecule has 2 aromatic carbocycles. The topological polar surface area (TPSA) is 117 Å². The first-order chi connectivity index (χ1) is 15.8. The Morgan fingerprint density at radius 2 is 1.55 bits per heavy atom. The zero-order valence-electron chi connectivity index (χ0n) is 18.9. The number of aliphatic carboxylic acids is 1. The Morgan fingerprint density at radius 3 is 2.06 bits per heavy atom. The summed E-state index contributed by atoms with van der Waals surface area (Å²) in [5.74, 6) is -1.96. The van der Waals surface area contributed by atoms with Crippen molar-refractivity contribution in [2.75, 3.05) is 41.0 Å². The number of rotatable bonds is 10. The number of amides is 2. The standard InChI is InChI=1S/C24H29N3O6/c1-27(2)12-20(23(29)30)25-22(28)21(14-32-3)26-24(31)33-13-19-17-10-6-4-8-15(17)16-9-5-7-11-18(16)19/h4-11,19-21H,12-14H2,1-3H3,(H,25,28)(H,26,31)(H,29,30)/t20-,21?/m0/s1. The summed E-state index contributed by atoms with van der Waals surface area (Å²) in [7, 11) is 4.78. The normalized spacial score (nSPS) is 14.2. The van der Waals surface area contributed by atoms with Crippen LogP contribution in [-0.2, 0) is 19.1 Å². The first-order valence-corrected chi connectivity index (χ1v) is 10.6. The van der Waals surface area contributed by atoms with Crippen LogP contribution in [-0.4, -0.2) is 81.0 Å². The van der Waals surface area contributed by atoms with Crippen molar-refractivity contribution in [3.8, 4) is 11.1 Å². The molecule has 176 valence electrons. The van der Waals surface area contributed by atoms with Crippen molar-refractivity contribution in [2.24, 2.45) is 0 Å². The Morgan fingerprint density at radius 1 is 0.970 bits per heavy atom. The van der Waals surface area contributed by atoms with Crippen LogP contribution in [0, 0.1) is 0 Å². The van der Waals surface area contributed by atoms with Gasteiger partial charge in [-0.15, -0.1) is 0 Å². The Bertz CT molecular complexity index is 964. The number of nitrogens with one attached hydrogen (secondary N) is 2. The Kier molecular flexibility index (Phi) is 8.02. The maximum absolute atomic E-state index is 12.6. The molecule has 0 radical (unpaired) electrons. The predicted octanol–water partition coefficient (Wildman–Crippen LogP) is 1.67. The van der Waals surface area contributed by atoms with Crippen LogP contribution in [0.3, 0.4) is 0 Å². The van der Waals surface area contributed by atoms with Gasteiger partial charge in [-0.05, 0) is 36.3 Å². The minimum Gasteiger partial charge on any atom is -0.480 e. The van der Waals surface area contributed by atoms with Gasteiger partial charge in [-0.2, -0.15) is 0 Å². The van der Waals surface area contributed by atoms with Gasteiger partial charge in [0.05, 0.1) is 6.61 Å². The quantitative estimate of drug-likeness (QED) is 0.499. The Labute approximate surface area is 192 Å². The number of carbonyl (C=O) groups is 3. The third-order valence-electron chi connectivity index (χ3n) is 5.45. The van der Waals surface area contributed by atoms with Gasteiger partial charge < -0.3 is 30.1 Å². The number of ether oxygens (including phenoxy) is 2. The molecule has 1 aliphatic carbocycles. The number of nitrogens with zero attached hydrogens (tertiary/aromatic N) is 1. The predicted molar refractivity (Wildman–Crippen MR) is 122 cm³/mol. The van der Waals surface area contributed by atoms with Gasteiger partial charge in [0.1, 0.15) is 18.7 Å². The van der Waals surface area contributed by atoms with Crippen LogP contribution >= 0.6 is 0 Å². The molecule has 2 amide bonds. The van der Waals surface area contributed by atoms with Crippen LogP contribution in [0.4, 0.5) is 4.79 Å². The number of carboxylic acids is 1. The number of likely N-dealkylation sites (N-methyl/N-ethyl adjacent to an activating group) is 1. The molecule has 3 rings (SSSR count). The van der Waals surface area contributed by atoms with Crippen LogP contribution in [0.15, 0.2) is 48.5 Å². The van der Waals surface area contributed by atoms with Crippen LogP contribution < -0.4 is 10.6 Å². The summed E-state index contributed by atoms with van der Waals surface area (Å²) in [4.78, 5) is 38.2. The SMILES string of the molecule is COCC(NC(=O)OCC1c2ccccc2-c2ccccc21)C(=O)N[C@@H](CN(C)C)C(=O)O. The fourth-order valence-electron chi connectivity index (χ4n) is 3.95. The highest BCUT2D eigenvalue weighted by Gasteiger charge is 2.30. The van der Waals surface area contributed by atoms with Crippen molar-refractivity contribution in [3.05, 3.63) is 59.7 Å². The van der Waals surface area contributed by atoms with Crippen LogP contribution in [0.2, 0.25) is 0 Å². The summed E-state index contributed by atoms with van der Waals surface area (Å²) >= 11 is 0. The van der Waals surface area contributed by atoms with Crippen molar-refractivity contribution in [3.63, 3.8) is 0 Å². The van der Waals surface area contributed by atoms with E-state index in [9.17, 15) is 19.5 Å². The maximum atomic E-state index is 12.6. The molecule has 2 atom stereocenters. The molecule has 9 heteroatoms. The lowest BCUT2D eigenvalue weighted by atomic mass is 9.98. The van der Waals surface area contributed by atoms with Crippen molar-refractivity contribution < 1.29 is 29.0 Å². The van der Waals surface area contributed by atoms with E-state index >= 15 is 0 Å². The second-order valence-corrected chi connectivity index (χ2v) is 8.14. The fourth-order valence-corrected chi connectivity index (χ4v) is 3.95. The molecule has 0 aliphatic heterocycles. The smallest absolute Gasteiger partial charge is 0.407 e. The Balaban J connectivity index is 1.64. The summed E-state index contributed by atoms with van der Waals surface area (Å²) in [6.45, 7) is 0.0651. The summed E-state index contributed by atoms with van der Waals surface area (Å²) in [6.07, 6.45) is -0.784. The van der Waals surface area contributed by atoms with Gasteiger partial charge >= 0.3 is 12.1 Å². The van der Waals surface area contributed by atoms with Gasteiger partial charge in [0.25, 0.3) is 0 Å². The molecule has 33 heavy (non-hydrogen) atoms. The summed E-state index contributed by atoms with van der Waals surface area (Å²) < 4.78 is 10.5. The molecule has 9 nitrogen and oxygen atoms in total. The zero-order valence-corrected chi connectivity index (χ0v) is 18.9. The van der Waals surface area contributed by atoms with E-state index in [-0.39, 0.29) is 25.7 Å². The molecule has 0 saturated heterocycles. The zero-order chi connectivity index (χ0) is 24.0. The van der Waals surface area contributed by atoms with Crippen LogP contribution in [0.25, 0.3) is 11.1 Å². The minimum atomic E-state index is -1.17. The highest BCUT2D eigenvalue weighted by Crippen LogP contribution is 2.44. The average molecular weight is 456 g/mol. The number of alkyl carbamates (subject to hydrolysis) is 1. The molecular weight excluding hydrogens is 426 g/mol. The number of methoxy groups -OCH3 is 1. The second-order valence-electron chi connectivity index (χ2n) is 8.14. The lowest BCUT2D eigenvalue weighted by Gasteiger charge is -2.23. The van der Waals surface area contributed by atoms with Crippen molar-refractivity contribution >= 4 is 18.0 Å². The molecule has 0 fully saturated rings. The van der Waals surface area contributed by atoms with E-state index in [1.165, 1.54) is 7.11 Å². The molecule has 1 unspecified atom stereocenters. The van der Waals surface area contributed by atoms with E-state index in [2.05, 4.69) is 10.6 Å². The molecule has 0 heterocycles. The first kappa shape index (κ1) is 24.2. The third kappa shape index (κ3) is 5.88. The number of fused-ring (bicyclic) bond motifs is 3. The Hall–Kier alpha value is -3.43. The van der Waals surface area contributed by atoms with Crippen molar-refractivity contribution in [1.82, 2.24) is 15.5 Å². The molecule has 0 aromatic heterocycles. The number of carboxylic acid groups (broad SMARTS) is 1. The van der Waals surface area contributed by atoms with Gasteiger partial charge in [-0.25, -0.2) is 9.59 Å². The van der Waals surface area contributed by atoms with Gasteiger partial charge in [0, 0.05) is 19.6 Å². The number of hydrogen-bond acceptors (Lipinski definition) is 6. The summed E-state index contributed by atoms with van der Waals surface area (Å²) in [5.41, 5.74) is 4.37. The highest BCUT2D eigenvalue weighted by atomic mass is 16.5. The lowest BCUT2D eigenvalue weighted by molar-refractivity contribution is -0.142. The molecule has 0 spiro atoms. The average Bonchev–Trinajstić information content (AvgIpc) is 3.10. The maximum Gasteiger partial charge on any atom is 0.407 e. The van der Waals surface area contributed by atoms with Crippen LogP contribution in [0.5, 0.6) is 0 Å². The van der Waals surface area contributed by atoms with E-state index in [0.717, 1.165) is 22.3 Å². The van der Waals surface area contributed by atoms with Crippen molar-refractivity contribution in [2.45, 2.75) is 18.0 Å². The number of carbonyl (C=O) groups excluding carboxylic acids is 2. The van der Waals surface area contributed by atoms with Gasteiger partial charge in [-0.1, -0.05) is 48.5 Å². The largest absolute Gasteiger partial charge is 0.480 e. The molecule has 0 saturated carbocycles. The molecule has 1 aliphatic rings. The molecule has 0 bridgehead atoms. The van der Waals surface area contributed by atoms with Gasteiger partial charge in [-0.3, -0.25) is 4.79 Å². The number of hydrogen-bond donors (Lipinski definition) is 3. The first-order valence-electron chi connectivity index (χ1n) is 10.6. The van der Waals surface area contributed by atoms with E-state index in [1.54, 1.807) is 19.0 Å². The molecule has 2 aromatic rings. The van der Waals surface area contributed by atoms with Gasteiger partial charge in [0.2, 0.25) is 5.91 Å². The highest BCUT2D eigenvalue weighted by molar-refractivity contribution is 5.89. The number of benzene rings is 2. The lowest BCUT2D eigenvalue weighted by Crippen LogP contribution is -2.55.